The van der Waals surface area contributed by atoms with Crippen molar-refractivity contribution in [3.05, 3.63) is 59.3 Å². The average Bonchev–Trinajstić information content (AvgIpc) is 3.57. The molecule has 9 nitrogen and oxygen atoms in total. The highest BCUT2D eigenvalue weighted by Crippen LogP contribution is 2.52. The van der Waals surface area contributed by atoms with Crippen LogP contribution in [0.3, 0.4) is 0 Å². The standard InChI is InChI=1S/C28H32N4O5/c1-2-17-36-26(35)31-15-13-30(14-16-31)23-8-7-20(18-29-23)27(9-10-27)25(34)32-12-11-28(19-32)22-6-4-3-5-21(22)24(33)37-28/h3-8,18H,2,9-17,19H2,1H3/t28-/m0/s1. The molecule has 1 atom stereocenters. The first-order valence-corrected chi connectivity index (χ1v) is 13.2. The van der Waals surface area contributed by atoms with Crippen LogP contribution in [0.1, 0.15) is 54.1 Å². The predicted molar refractivity (Wildman–Crippen MR) is 135 cm³/mol. The fraction of sp³-hybridized carbons (Fsp3) is 0.500. The maximum absolute atomic E-state index is 13.7. The van der Waals surface area contributed by atoms with Crippen molar-refractivity contribution in [1.82, 2.24) is 14.8 Å². The largest absolute Gasteiger partial charge is 0.449 e. The highest BCUT2D eigenvalue weighted by Gasteiger charge is 2.57. The number of amides is 2. The molecule has 194 valence electrons. The van der Waals surface area contributed by atoms with E-state index in [-0.39, 0.29) is 18.0 Å². The molecule has 0 unspecified atom stereocenters. The van der Waals surface area contributed by atoms with Crippen molar-refractivity contribution < 1.29 is 23.9 Å². The summed E-state index contributed by atoms with van der Waals surface area (Å²) in [6.07, 6.45) is 4.60. The summed E-state index contributed by atoms with van der Waals surface area (Å²) < 4.78 is 11.1. The Morgan fingerprint density at radius 1 is 1.00 bits per heavy atom. The molecule has 1 spiro atoms. The molecule has 9 heteroatoms. The zero-order chi connectivity index (χ0) is 25.6. The van der Waals surface area contributed by atoms with Crippen LogP contribution in [0.4, 0.5) is 10.6 Å². The van der Waals surface area contributed by atoms with Gasteiger partial charge in [0.25, 0.3) is 0 Å². The van der Waals surface area contributed by atoms with Gasteiger partial charge in [0, 0.05) is 50.9 Å². The molecular weight excluding hydrogens is 472 g/mol. The number of pyridine rings is 1. The predicted octanol–water partition coefficient (Wildman–Crippen LogP) is 3.08. The molecule has 1 aliphatic carbocycles. The molecule has 1 saturated carbocycles. The van der Waals surface area contributed by atoms with Gasteiger partial charge in [0.2, 0.25) is 5.91 Å². The second-order valence-corrected chi connectivity index (χ2v) is 10.5. The summed E-state index contributed by atoms with van der Waals surface area (Å²) >= 11 is 0. The van der Waals surface area contributed by atoms with Crippen molar-refractivity contribution in [1.29, 1.82) is 0 Å². The molecule has 3 fully saturated rings. The molecule has 4 aliphatic rings. The maximum atomic E-state index is 13.7. The fourth-order valence-corrected chi connectivity index (χ4v) is 5.91. The van der Waals surface area contributed by atoms with Crippen molar-refractivity contribution in [3.8, 4) is 0 Å². The van der Waals surface area contributed by atoms with Crippen LogP contribution in [0.2, 0.25) is 0 Å². The summed E-state index contributed by atoms with van der Waals surface area (Å²) in [5.41, 5.74) is 1.17. The van der Waals surface area contributed by atoms with Crippen LogP contribution in [0.5, 0.6) is 0 Å². The van der Waals surface area contributed by atoms with Crippen LogP contribution in [0, 0.1) is 0 Å². The maximum Gasteiger partial charge on any atom is 0.409 e. The molecule has 2 amide bonds. The summed E-state index contributed by atoms with van der Waals surface area (Å²) in [4.78, 5) is 48.7. The van der Waals surface area contributed by atoms with Gasteiger partial charge in [-0.25, -0.2) is 14.6 Å². The average molecular weight is 505 g/mol. The van der Waals surface area contributed by atoms with Crippen molar-refractivity contribution in [2.45, 2.75) is 43.6 Å². The number of esters is 1. The number of carbonyl (C=O) groups is 3. The fourth-order valence-electron chi connectivity index (χ4n) is 5.91. The number of likely N-dealkylation sites (tertiary alicyclic amines) is 1. The van der Waals surface area contributed by atoms with E-state index in [2.05, 4.69) is 4.90 Å². The molecule has 3 aliphatic heterocycles. The van der Waals surface area contributed by atoms with E-state index in [1.807, 2.05) is 48.4 Å². The Morgan fingerprint density at radius 3 is 2.49 bits per heavy atom. The molecular formula is C28H32N4O5. The number of carbonyl (C=O) groups excluding carboxylic acids is 3. The van der Waals surface area contributed by atoms with Gasteiger partial charge in [0.15, 0.2) is 5.60 Å². The Morgan fingerprint density at radius 2 is 1.78 bits per heavy atom. The summed E-state index contributed by atoms with van der Waals surface area (Å²) in [6.45, 7) is 5.96. The van der Waals surface area contributed by atoms with E-state index in [1.165, 1.54) is 0 Å². The SMILES string of the molecule is CCCOC(=O)N1CCN(c2ccc(C3(C(=O)N4CC[C@@]5(C4)OC(=O)c4ccccc45)CC3)cn2)CC1. The molecule has 37 heavy (non-hydrogen) atoms. The van der Waals surface area contributed by atoms with Crippen molar-refractivity contribution >= 4 is 23.8 Å². The van der Waals surface area contributed by atoms with E-state index >= 15 is 0 Å². The zero-order valence-corrected chi connectivity index (χ0v) is 21.1. The molecule has 0 bridgehead atoms. The first kappa shape index (κ1) is 23.8. The monoisotopic (exact) mass is 504 g/mol. The summed E-state index contributed by atoms with van der Waals surface area (Å²) in [5.74, 6) is 0.645. The normalized spacial score (nSPS) is 23.7. The lowest BCUT2D eigenvalue weighted by molar-refractivity contribution is -0.134. The smallest absolute Gasteiger partial charge is 0.409 e. The third kappa shape index (κ3) is 4.01. The lowest BCUT2D eigenvalue weighted by atomic mass is 9.91. The minimum Gasteiger partial charge on any atom is -0.449 e. The molecule has 0 radical (unpaired) electrons. The summed E-state index contributed by atoms with van der Waals surface area (Å²) in [6, 6.07) is 11.5. The van der Waals surface area contributed by atoms with Crippen molar-refractivity contribution in [3.63, 3.8) is 0 Å². The van der Waals surface area contributed by atoms with Gasteiger partial charge < -0.3 is 24.2 Å². The Balaban J connectivity index is 1.11. The highest BCUT2D eigenvalue weighted by molar-refractivity contribution is 5.96. The van der Waals surface area contributed by atoms with E-state index in [9.17, 15) is 14.4 Å². The summed E-state index contributed by atoms with van der Waals surface area (Å²) in [7, 11) is 0. The van der Waals surface area contributed by atoms with E-state index < -0.39 is 11.0 Å². The molecule has 1 aromatic carbocycles. The first-order valence-electron chi connectivity index (χ1n) is 13.2. The third-order valence-corrected chi connectivity index (χ3v) is 8.20. The highest BCUT2D eigenvalue weighted by atomic mass is 16.6. The van der Waals surface area contributed by atoms with Crippen LogP contribution in [-0.2, 0) is 25.3 Å². The summed E-state index contributed by atoms with van der Waals surface area (Å²) in [5, 5.41) is 0. The van der Waals surface area contributed by atoms with Crippen LogP contribution in [-0.4, -0.2) is 78.6 Å². The third-order valence-electron chi connectivity index (χ3n) is 8.20. The lowest BCUT2D eigenvalue weighted by Crippen LogP contribution is -2.49. The molecule has 0 N–H and O–H groups in total. The van der Waals surface area contributed by atoms with Gasteiger partial charge in [-0.15, -0.1) is 0 Å². The van der Waals surface area contributed by atoms with Crippen molar-refractivity contribution in [2.75, 3.05) is 50.8 Å². The Hall–Kier alpha value is -3.62. The number of hydrogen-bond donors (Lipinski definition) is 0. The molecule has 6 rings (SSSR count). The molecule has 4 heterocycles. The van der Waals surface area contributed by atoms with E-state index in [0.717, 1.165) is 36.2 Å². The van der Waals surface area contributed by atoms with Crippen LogP contribution in [0.15, 0.2) is 42.6 Å². The van der Waals surface area contributed by atoms with Gasteiger partial charge >= 0.3 is 12.1 Å². The lowest BCUT2D eigenvalue weighted by Gasteiger charge is -2.35. The molecule has 2 aromatic rings. The van der Waals surface area contributed by atoms with Crippen LogP contribution in [0.25, 0.3) is 0 Å². The Labute approximate surface area is 216 Å². The quantitative estimate of drug-likeness (QED) is 0.578. The minimum absolute atomic E-state index is 0.0959. The van der Waals surface area contributed by atoms with Gasteiger partial charge in [0.1, 0.15) is 5.82 Å². The topological polar surface area (TPSA) is 92.3 Å². The van der Waals surface area contributed by atoms with E-state index in [0.29, 0.717) is 57.9 Å². The zero-order valence-electron chi connectivity index (χ0n) is 21.1. The first-order chi connectivity index (χ1) is 18.0. The van der Waals surface area contributed by atoms with Gasteiger partial charge in [-0.1, -0.05) is 31.2 Å². The number of benzene rings is 1. The number of fused-ring (bicyclic) bond motifs is 2. The minimum atomic E-state index is -0.730. The van der Waals surface area contributed by atoms with Crippen LogP contribution >= 0.6 is 0 Å². The molecule has 1 aromatic heterocycles. The number of nitrogens with zero attached hydrogens (tertiary/aromatic N) is 4. The Bertz CT molecular complexity index is 1220. The number of aromatic nitrogens is 1. The Kier molecular flexibility index (Phi) is 5.81. The number of anilines is 1. The van der Waals surface area contributed by atoms with E-state index in [4.69, 9.17) is 14.5 Å². The molecule has 2 saturated heterocycles. The number of ether oxygens (including phenoxy) is 2. The van der Waals surface area contributed by atoms with Crippen molar-refractivity contribution in [2.24, 2.45) is 0 Å². The number of piperazine rings is 1. The van der Waals surface area contributed by atoms with Crippen LogP contribution < -0.4 is 4.90 Å². The number of hydrogen-bond acceptors (Lipinski definition) is 7. The van der Waals surface area contributed by atoms with Gasteiger partial charge in [0.05, 0.1) is 24.1 Å². The number of rotatable bonds is 5. The van der Waals surface area contributed by atoms with Gasteiger partial charge in [-0.3, -0.25) is 4.79 Å². The second-order valence-electron chi connectivity index (χ2n) is 10.5. The van der Waals surface area contributed by atoms with Gasteiger partial charge in [-0.05, 0) is 37.0 Å². The second kappa shape index (κ2) is 9.04. The van der Waals surface area contributed by atoms with E-state index in [1.54, 1.807) is 11.0 Å². The van der Waals surface area contributed by atoms with Gasteiger partial charge in [-0.2, -0.15) is 0 Å².